The predicted molar refractivity (Wildman–Crippen MR) is 56.9 cm³/mol. The molecule has 3 unspecified atom stereocenters. The summed E-state index contributed by atoms with van der Waals surface area (Å²) in [6.07, 6.45) is 3.50. The number of carbonyl (C=O) groups is 1. The fourth-order valence-corrected chi connectivity index (χ4v) is 2.46. The lowest BCUT2D eigenvalue weighted by atomic mass is 9.98. The average Bonchev–Trinajstić information content (AvgIpc) is 2.57. The highest BCUT2D eigenvalue weighted by molar-refractivity contribution is 5.73. The van der Waals surface area contributed by atoms with E-state index < -0.39 is 0 Å². The van der Waals surface area contributed by atoms with E-state index >= 15 is 0 Å². The van der Waals surface area contributed by atoms with Crippen molar-refractivity contribution >= 4 is 5.97 Å². The van der Waals surface area contributed by atoms with Gasteiger partial charge in [0.1, 0.15) is 0 Å². The van der Waals surface area contributed by atoms with E-state index in [4.69, 9.17) is 10.00 Å². The number of nitrogens with zero attached hydrogens (tertiary/aromatic N) is 1. The average molecular weight is 209 g/mol. The zero-order valence-corrected chi connectivity index (χ0v) is 9.53. The summed E-state index contributed by atoms with van der Waals surface area (Å²) in [6, 6.07) is 2.16. The van der Waals surface area contributed by atoms with Gasteiger partial charge in [-0.05, 0) is 38.0 Å². The molecule has 1 saturated carbocycles. The molecule has 15 heavy (non-hydrogen) atoms. The third-order valence-electron chi connectivity index (χ3n) is 3.23. The summed E-state index contributed by atoms with van der Waals surface area (Å²) < 4.78 is 5.05. The standard InChI is InChI=1S/C12H19NO2/c1-3-15-12(14)11-8-10(5-4-6-13)7-9(11)2/h9-11H,3-5,7-8H2,1-2H3. The third-order valence-corrected chi connectivity index (χ3v) is 3.23. The monoisotopic (exact) mass is 209 g/mol. The minimum atomic E-state index is -0.0514. The van der Waals surface area contributed by atoms with Crippen molar-refractivity contribution in [3.05, 3.63) is 0 Å². The molecule has 0 amide bonds. The summed E-state index contributed by atoms with van der Waals surface area (Å²) in [5, 5.41) is 8.51. The minimum absolute atomic E-state index is 0.0514. The molecule has 0 aromatic rings. The highest BCUT2D eigenvalue weighted by atomic mass is 16.5. The van der Waals surface area contributed by atoms with Gasteiger partial charge in [-0.1, -0.05) is 6.92 Å². The molecule has 1 rings (SSSR count). The molecule has 1 fully saturated rings. The van der Waals surface area contributed by atoms with Crippen molar-refractivity contribution in [1.82, 2.24) is 0 Å². The number of ether oxygens (including phenoxy) is 1. The molecule has 0 N–H and O–H groups in total. The van der Waals surface area contributed by atoms with Gasteiger partial charge in [-0.3, -0.25) is 4.79 Å². The van der Waals surface area contributed by atoms with Crippen molar-refractivity contribution in [2.45, 2.75) is 39.5 Å². The van der Waals surface area contributed by atoms with E-state index in [1.807, 2.05) is 6.92 Å². The molecular formula is C12H19NO2. The Morgan fingerprint density at radius 3 is 2.87 bits per heavy atom. The Bertz CT molecular complexity index is 257. The highest BCUT2D eigenvalue weighted by Crippen LogP contribution is 2.39. The van der Waals surface area contributed by atoms with Crippen molar-refractivity contribution < 1.29 is 9.53 Å². The third kappa shape index (κ3) is 3.23. The quantitative estimate of drug-likeness (QED) is 0.668. The highest BCUT2D eigenvalue weighted by Gasteiger charge is 2.36. The van der Waals surface area contributed by atoms with Crippen LogP contribution in [-0.2, 0) is 9.53 Å². The molecular weight excluding hydrogens is 190 g/mol. The van der Waals surface area contributed by atoms with Crippen LogP contribution in [0.2, 0.25) is 0 Å². The van der Waals surface area contributed by atoms with Gasteiger partial charge in [-0.15, -0.1) is 0 Å². The molecule has 0 aliphatic heterocycles. The van der Waals surface area contributed by atoms with Gasteiger partial charge >= 0.3 is 5.97 Å². The molecule has 84 valence electrons. The zero-order chi connectivity index (χ0) is 11.3. The Labute approximate surface area is 91.4 Å². The van der Waals surface area contributed by atoms with Crippen LogP contribution >= 0.6 is 0 Å². The Kier molecular flexibility index (Phi) is 4.61. The van der Waals surface area contributed by atoms with Crippen LogP contribution in [-0.4, -0.2) is 12.6 Å². The normalized spacial score (nSPS) is 29.8. The van der Waals surface area contributed by atoms with Gasteiger partial charge in [0, 0.05) is 6.42 Å². The van der Waals surface area contributed by atoms with Crippen LogP contribution in [0.4, 0.5) is 0 Å². The van der Waals surface area contributed by atoms with Gasteiger partial charge in [-0.25, -0.2) is 0 Å². The van der Waals surface area contributed by atoms with Crippen molar-refractivity contribution in [3.63, 3.8) is 0 Å². The maximum absolute atomic E-state index is 11.6. The molecule has 0 heterocycles. The number of rotatable bonds is 4. The Balaban J connectivity index is 2.42. The fraction of sp³-hybridized carbons (Fsp3) is 0.833. The van der Waals surface area contributed by atoms with E-state index in [1.165, 1.54) is 0 Å². The number of hydrogen-bond acceptors (Lipinski definition) is 3. The summed E-state index contributed by atoms with van der Waals surface area (Å²) in [6.45, 7) is 4.41. The largest absolute Gasteiger partial charge is 0.466 e. The molecule has 0 spiro atoms. The first-order valence-electron chi connectivity index (χ1n) is 5.72. The first kappa shape index (κ1) is 12.0. The predicted octanol–water partition coefficient (Wildman–Crippen LogP) is 2.52. The smallest absolute Gasteiger partial charge is 0.309 e. The number of esters is 1. The van der Waals surface area contributed by atoms with Gasteiger partial charge in [0.05, 0.1) is 18.6 Å². The van der Waals surface area contributed by atoms with Crippen molar-refractivity contribution in [2.24, 2.45) is 17.8 Å². The van der Waals surface area contributed by atoms with Gasteiger partial charge in [0.15, 0.2) is 0 Å². The lowest BCUT2D eigenvalue weighted by molar-refractivity contribution is -0.149. The summed E-state index contributed by atoms with van der Waals surface area (Å²) >= 11 is 0. The number of hydrogen-bond donors (Lipinski definition) is 0. The lowest BCUT2D eigenvalue weighted by Gasteiger charge is -2.12. The second-order valence-corrected chi connectivity index (χ2v) is 4.37. The minimum Gasteiger partial charge on any atom is -0.466 e. The molecule has 0 aromatic heterocycles. The van der Waals surface area contributed by atoms with Crippen LogP contribution in [0, 0.1) is 29.1 Å². The Morgan fingerprint density at radius 1 is 1.53 bits per heavy atom. The van der Waals surface area contributed by atoms with Gasteiger partial charge in [0.2, 0.25) is 0 Å². The molecule has 0 saturated heterocycles. The molecule has 3 atom stereocenters. The number of nitriles is 1. The van der Waals surface area contributed by atoms with Crippen molar-refractivity contribution in [2.75, 3.05) is 6.61 Å². The van der Waals surface area contributed by atoms with Crippen LogP contribution < -0.4 is 0 Å². The van der Waals surface area contributed by atoms with Gasteiger partial charge < -0.3 is 4.74 Å². The van der Waals surface area contributed by atoms with E-state index in [0.29, 0.717) is 24.9 Å². The Morgan fingerprint density at radius 2 is 2.27 bits per heavy atom. The molecule has 1 aliphatic rings. The van der Waals surface area contributed by atoms with Crippen molar-refractivity contribution in [3.8, 4) is 6.07 Å². The van der Waals surface area contributed by atoms with Crippen LogP contribution in [0.3, 0.4) is 0 Å². The van der Waals surface area contributed by atoms with E-state index in [9.17, 15) is 4.79 Å². The lowest BCUT2D eigenvalue weighted by Crippen LogP contribution is -2.19. The van der Waals surface area contributed by atoms with E-state index in [0.717, 1.165) is 19.3 Å². The van der Waals surface area contributed by atoms with Crippen LogP contribution in [0.15, 0.2) is 0 Å². The van der Waals surface area contributed by atoms with Crippen LogP contribution in [0.5, 0.6) is 0 Å². The zero-order valence-electron chi connectivity index (χ0n) is 9.53. The molecule has 3 nitrogen and oxygen atoms in total. The van der Waals surface area contributed by atoms with Crippen LogP contribution in [0.1, 0.15) is 39.5 Å². The van der Waals surface area contributed by atoms with Gasteiger partial charge in [0.25, 0.3) is 0 Å². The van der Waals surface area contributed by atoms with Crippen molar-refractivity contribution in [1.29, 1.82) is 5.26 Å². The van der Waals surface area contributed by atoms with Crippen LogP contribution in [0.25, 0.3) is 0 Å². The maximum Gasteiger partial charge on any atom is 0.309 e. The molecule has 0 bridgehead atoms. The van der Waals surface area contributed by atoms with Gasteiger partial charge in [-0.2, -0.15) is 5.26 Å². The molecule has 3 heteroatoms. The second-order valence-electron chi connectivity index (χ2n) is 4.37. The summed E-state index contributed by atoms with van der Waals surface area (Å²) in [7, 11) is 0. The second kappa shape index (κ2) is 5.75. The maximum atomic E-state index is 11.6. The molecule has 0 aromatic carbocycles. The number of carbonyl (C=O) groups excluding carboxylic acids is 1. The van der Waals surface area contributed by atoms with E-state index in [2.05, 4.69) is 13.0 Å². The SMILES string of the molecule is CCOC(=O)C1CC(CCC#N)CC1C. The summed E-state index contributed by atoms with van der Waals surface area (Å²) in [5.74, 6) is 0.958. The summed E-state index contributed by atoms with van der Waals surface area (Å²) in [4.78, 5) is 11.6. The first-order valence-corrected chi connectivity index (χ1v) is 5.72. The summed E-state index contributed by atoms with van der Waals surface area (Å²) in [5.41, 5.74) is 0. The molecule has 1 aliphatic carbocycles. The van der Waals surface area contributed by atoms with E-state index in [1.54, 1.807) is 0 Å². The topological polar surface area (TPSA) is 50.1 Å². The van der Waals surface area contributed by atoms with E-state index in [-0.39, 0.29) is 11.9 Å². The fourth-order valence-electron chi connectivity index (χ4n) is 2.46. The first-order chi connectivity index (χ1) is 7.19. The molecule has 0 radical (unpaired) electrons. The Hall–Kier alpha value is -1.04.